The summed E-state index contributed by atoms with van der Waals surface area (Å²) >= 11 is 0. The topological polar surface area (TPSA) is 64.6 Å². The molecule has 0 radical (unpaired) electrons. The van der Waals surface area contributed by atoms with Gasteiger partial charge in [-0.2, -0.15) is 0 Å². The summed E-state index contributed by atoms with van der Waals surface area (Å²) < 4.78 is 42.7. The Kier molecular flexibility index (Phi) is 9.31. The number of hydrogen-bond acceptors (Lipinski definition) is 7. The van der Waals surface area contributed by atoms with Crippen molar-refractivity contribution in [2.75, 3.05) is 35.0 Å². The van der Waals surface area contributed by atoms with Crippen molar-refractivity contribution in [1.29, 1.82) is 0 Å². The average Bonchev–Trinajstić information content (AvgIpc) is 3.36. The first-order chi connectivity index (χ1) is 20.9. The van der Waals surface area contributed by atoms with Gasteiger partial charge in [-0.05, 0) is 58.4 Å². The first-order valence-electron chi connectivity index (χ1n) is 14.5. The van der Waals surface area contributed by atoms with Crippen LogP contribution < -0.4 is 28.4 Å². The molecule has 1 aliphatic heterocycles. The minimum Gasteiger partial charge on any atom is -0.493 e. The molecule has 0 aliphatic carbocycles. The first kappa shape index (κ1) is 30.1. The second-order valence-electron chi connectivity index (χ2n) is 10.8. The van der Waals surface area contributed by atoms with Crippen LogP contribution in [0, 0.1) is 11.8 Å². The van der Waals surface area contributed by atoms with E-state index >= 15 is 0 Å². The van der Waals surface area contributed by atoms with Crippen molar-refractivity contribution in [3.8, 4) is 34.5 Å². The van der Waals surface area contributed by atoms with Crippen molar-refractivity contribution in [3.63, 3.8) is 0 Å². The quantitative estimate of drug-likeness (QED) is 0.172. The highest BCUT2D eigenvalue weighted by atomic mass is 16.5. The molecule has 0 saturated carbocycles. The second-order valence-corrected chi connectivity index (χ2v) is 10.8. The summed E-state index contributed by atoms with van der Waals surface area (Å²) in [5, 5.41) is 0. The number of ether oxygens (including phenoxy) is 7. The van der Waals surface area contributed by atoms with Gasteiger partial charge in [-0.1, -0.05) is 74.5 Å². The molecule has 0 spiro atoms. The molecule has 226 valence electrons. The Hall–Kier alpha value is -4.36. The minimum atomic E-state index is -0.851. The van der Waals surface area contributed by atoms with Crippen molar-refractivity contribution < 1.29 is 33.2 Å². The van der Waals surface area contributed by atoms with E-state index in [2.05, 4.69) is 13.8 Å². The zero-order valence-corrected chi connectivity index (χ0v) is 25.7. The van der Waals surface area contributed by atoms with Crippen LogP contribution in [0.4, 0.5) is 0 Å². The van der Waals surface area contributed by atoms with Crippen LogP contribution in [0.25, 0.3) is 0 Å². The van der Waals surface area contributed by atoms with Gasteiger partial charge in [0.05, 0.1) is 35.0 Å². The van der Waals surface area contributed by atoms with Gasteiger partial charge in [0.15, 0.2) is 23.0 Å². The summed E-state index contributed by atoms with van der Waals surface area (Å²) in [5.41, 5.74) is 3.00. The fraction of sp³-hybridized carbons (Fsp3) is 0.333. The molecule has 0 amide bonds. The van der Waals surface area contributed by atoms with Crippen molar-refractivity contribution >= 4 is 0 Å². The van der Waals surface area contributed by atoms with Crippen LogP contribution >= 0.6 is 0 Å². The lowest BCUT2D eigenvalue weighted by atomic mass is 9.74. The van der Waals surface area contributed by atoms with Crippen molar-refractivity contribution in [2.24, 2.45) is 11.8 Å². The summed E-state index contributed by atoms with van der Waals surface area (Å²) in [7, 11) is 6.53. The maximum atomic E-state index is 6.77. The highest BCUT2D eigenvalue weighted by Gasteiger charge is 2.50. The molecular weight excluding hydrogens is 544 g/mol. The molecule has 4 aromatic rings. The molecule has 7 nitrogen and oxygen atoms in total. The highest BCUT2D eigenvalue weighted by molar-refractivity contribution is 5.60. The van der Waals surface area contributed by atoms with Crippen molar-refractivity contribution in [1.82, 2.24) is 0 Å². The predicted molar refractivity (Wildman–Crippen MR) is 166 cm³/mol. The van der Waals surface area contributed by atoms with Crippen LogP contribution in [0.5, 0.6) is 34.5 Å². The van der Waals surface area contributed by atoms with Gasteiger partial charge in [0.2, 0.25) is 11.5 Å². The largest absolute Gasteiger partial charge is 0.493 e. The van der Waals surface area contributed by atoms with Gasteiger partial charge in [-0.15, -0.1) is 0 Å². The van der Waals surface area contributed by atoms with Gasteiger partial charge in [0, 0.05) is 0 Å². The maximum absolute atomic E-state index is 6.77. The molecule has 0 unspecified atom stereocenters. The van der Waals surface area contributed by atoms with E-state index in [9.17, 15) is 0 Å². The van der Waals surface area contributed by atoms with Gasteiger partial charge in [-0.25, -0.2) is 0 Å². The van der Waals surface area contributed by atoms with Crippen LogP contribution in [0.1, 0.15) is 36.1 Å². The van der Waals surface area contributed by atoms with Gasteiger partial charge in [-0.3, -0.25) is 0 Å². The molecule has 7 heteroatoms. The zero-order chi connectivity index (χ0) is 30.4. The lowest BCUT2D eigenvalue weighted by Crippen LogP contribution is -2.34. The van der Waals surface area contributed by atoms with Gasteiger partial charge in [0.25, 0.3) is 0 Å². The summed E-state index contributed by atoms with van der Waals surface area (Å²) in [5.74, 6) is 3.66. The summed E-state index contributed by atoms with van der Waals surface area (Å²) in [6.45, 7) is 5.73. The highest BCUT2D eigenvalue weighted by Crippen LogP contribution is 2.54. The summed E-state index contributed by atoms with van der Waals surface area (Å²) in [4.78, 5) is 0. The lowest BCUT2D eigenvalue weighted by molar-refractivity contribution is 0.0133. The first-order valence-corrected chi connectivity index (χ1v) is 14.5. The molecular formula is C36H40O7. The molecule has 1 saturated heterocycles. The Balaban J connectivity index is 1.59. The molecule has 4 aromatic carbocycles. The van der Waals surface area contributed by atoms with Gasteiger partial charge < -0.3 is 33.2 Å². The van der Waals surface area contributed by atoms with E-state index in [1.165, 1.54) is 0 Å². The fourth-order valence-corrected chi connectivity index (χ4v) is 5.73. The third-order valence-corrected chi connectivity index (χ3v) is 8.30. The summed E-state index contributed by atoms with van der Waals surface area (Å²) in [6.07, 6.45) is 0. The predicted octanol–water partition coefficient (Wildman–Crippen LogP) is 7.43. The van der Waals surface area contributed by atoms with E-state index < -0.39 is 5.60 Å². The average molecular weight is 585 g/mol. The Bertz CT molecular complexity index is 1350. The van der Waals surface area contributed by atoms with Crippen LogP contribution in [0.15, 0.2) is 84.9 Å². The van der Waals surface area contributed by atoms with Crippen molar-refractivity contribution in [3.05, 3.63) is 107 Å². The lowest BCUT2D eigenvalue weighted by Gasteiger charge is -2.36. The molecule has 1 fully saturated rings. The van der Waals surface area contributed by atoms with Crippen LogP contribution in [0.2, 0.25) is 0 Å². The van der Waals surface area contributed by atoms with Crippen LogP contribution in [-0.2, 0) is 23.6 Å². The third-order valence-electron chi connectivity index (χ3n) is 8.30. The van der Waals surface area contributed by atoms with E-state index in [1.807, 2.05) is 84.9 Å². The number of methoxy groups -OCH3 is 4. The van der Waals surface area contributed by atoms with E-state index in [-0.39, 0.29) is 11.8 Å². The number of rotatable bonds is 12. The zero-order valence-electron chi connectivity index (χ0n) is 25.7. The molecule has 1 heterocycles. The molecule has 0 bridgehead atoms. The molecule has 0 N–H and O–H groups in total. The van der Waals surface area contributed by atoms with E-state index in [0.717, 1.165) is 22.3 Å². The van der Waals surface area contributed by atoms with Crippen molar-refractivity contribution in [2.45, 2.75) is 32.7 Å². The van der Waals surface area contributed by atoms with Crippen LogP contribution in [-0.4, -0.2) is 35.0 Å². The smallest absolute Gasteiger partial charge is 0.203 e. The third kappa shape index (κ3) is 5.95. The SMILES string of the molecule is COc1cc(C2(c3cc(OC)c(OCc4ccccc4)c(OC)c3)OC[C@H](C)[C@H]2C)cc(OC)c1OCc1ccccc1. The molecule has 43 heavy (non-hydrogen) atoms. The molecule has 0 aromatic heterocycles. The molecule has 2 atom stereocenters. The van der Waals surface area contributed by atoms with E-state index in [0.29, 0.717) is 54.3 Å². The Morgan fingerprint density at radius 1 is 0.605 bits per heavy atom. The van der Waals surface area contributed by atoms with Crippen LogP contribution in [0.3, 0.4) is 0 Å². The van der Waals surface area contributed by atoms with Gasteiger partial charge in [0.1, 0.15) is 18.8 Å². The summed E-state index contributed by atoms with van der Waals surface area (Å²) in [6, 6.07) is 27.9. The maximum Gasteiger partial charge on any atom is 0.203 e. The molecule has 5 rings (SSSR count). The van der Waals surface area contributed by atoms with E-state index in [4.69, 9.17) is 33.2 Å². The molecule has 1 aliphatic rings. The normalized spacial score (nSPS) is 17.3. The Morgan fingerprint density at radius 2 is 0.977 bits per heavy atom. The standard InChI is InChI=1S/C36H40O7/c1-24-21-43-36(25(24)2,28-17-30(37-3)34(31(18-28)38-4)41-22-26-13-9-7-10-14-26)29-19-32(39-5)35(33(20-29)40-6)42-23-27-15-11-8-12-16-27/h7-20,24-25H,21-23H2,1-6H3/t24-,25+/m0/s1. The second kappa shape index (κ2) is 13.3. The van der Waals surface area contributed by atoms with Gasteiger partial charge >= 0.3 is 0 Å². The fourth-order valence-electron chi connectivity index (χ4n) is 5.73. The van der Waals surface area contributed by atoms with E-state index in [1.54, 1.807) is 28.4 Å². The Morgan fingerprint density at radius 3 is 1.28 bits per heavy atom. The monoisotopic (exact) mass is 584 g/mol. The minimum absolute atomic E-state index is 0.0866. The number of hydrogen-bond donors (Lipinski definition) is 0. The Labute approximate surface area is 254 Å². The number of benzene rings is 4.